The Hall–Kier alpha value is -3.15. The van der Waals surface area contributed by atoms with Gasteiger partial charge in [0, 0.05) is 43.6 Å². The second-order valence-corrected chi connectivity index (χ2v) is 7.51. The summed E-state index contributed by atoms with van der Waals surface area (Å²) >= 11 is 0. The number of aryl methyl sites for hydroxylation is 3. The fraction of sp³-hybridized carbons (Fsp3) is 0.304. The summed E-state index contributed by atoms with van der Waals surface area (Å²) in [7, 11) is 0. The number of rotatable bonds is 4. The molecule has 0 atom stereocenters. The van der Waals surface area contributed by atoms with Gasteiger partial charge < -0.3 is 15.1 Å². The maximum absolute atomic E-state index is 14.1. The Labute approximate surface area is 171 Å². The molecule has 2 aromatic carbocycles. The second-order valence-electron chi connectivity index (χ2n) is 7.51. The van der Waals surface area contributed by atoms with Gasteiger partial charge in [0.1, 0.15) is 11.6 Å². The van der Waals surface area contributed by atoms with E-state index in [1.165, 1.54) is 17.2 Å². The van der Waals surface area contributed by atoms with Gasteiger partial charge in [0.15, 0.2) is 0 Å². The highest BCUT2D eigenvalue weighted by molar-refractivity contribution is 5.65. The van der Waals surface area contributed by atoms with Crippen LogP contribution in [-0.2, 0) is 0 Å². The molecule has 0 radical (unpaired) electrons. The lowest BCUT2D eigenvalue weighted by molar-refractivity contribution is 0.594. The normalized spacial score (nSPS) is 14.2. The van der Waals surface area contributed by atoms with E-state index in [0.717, 1.165) is 43.4 Å². The molecule has 1 aliphatic heterocycles. The summed E-state index contributed by atoms with van der Waals surface area (Å²) in [6.07, 6.45) is 0. The van der Waals surface area contributed by atoms with E-state index in [0.29, 0.717) is 11.6 Å². The maximum Gasteiger partial charge on any atom is 0.227 e. The van der Waals surface area contributed by atoms with Crippen molar-refractivity contribution >= 4 is 23.1 Å². The zero-order chi connectivity index (χ0) is 20.4. The van der Waals surface area contributed by atoms with Gasteiger partial charge in [-0.15, -0.1) is 0 Å². The molecule has 1 saturated heterocycles. The number of nitrogens with one attached hydrogen (secondary N) is 1. The number of anilines is 4. The van der Waals surface area contributed by atoms with Crippen LogP contribution in [0.2, 0.25) is 0 Å². The van der Waals surface area contributed by atoms with E-state index in [2.05, 4.69) is 52.1 Å². The van der Waals surface area contributed by atoms with Crippen LogP contribution in [0.3, 0.4) is 0 Å². The van der Waals surface area contributed by atoms with Gasteiger partial charge in [-0.25, -0.2) is 9.37 Å². The Morgan fingerprint density at radius 2 is 1.48 bits per heavy atom. The summed E-state index contributed by atoms with van der Waals surface area (Å²) in [6, 6.07) is 15.1. The lowest BCUT2D eigenvalue weighted by atomic mass is 10.1. The molecular formula is C23H26FN5. The van der Waals surface area contributed by atoms with E-state index in [9.17, 15) is 4.39 Å². The molecule has 6 heteroatoms. The molecule has 0 bridgehead atoms. The third-order valence-electron chi connectivity index (χ3n) is 5.33. The summed E-state index contributed by atoms with van der Waals surface area (Å²) in [5, 5.41) is 3.47. The second kappa shape index (κ2) is 8.07. The van der Waals surface area contributed by atoms with Crippen LogP contribution in [0.1, 0.15) is 16.8 Å². The van der Waals surface area contributed by atoms with Crippen LogP contribution in [0, 0.1) is 26.6 Å². The molecule has 0 amide bonds. The standard InChI is InChI=1S/C23H26FN5/c1-16-7-6-8-17(2)22(16)26-21-15-18(3)25-23(27-21)29-13-11-28(12-14-29)20-10-5-4-9-19(20)24/h4-10,15H,11-14H2,1-3H3,(H,25,26,27). The molecule has 0 aliphatic carbocycles. The van der Waals surface area contributed by atoms with Crippen LogP contribution in [0.25, 0.3) is 0 Å². The van der Waals surface area contributed by atoms with Crippen molar-refractivity contribution in [3.8, 4) is 0 Å². The quantitative estimate of drug-likeness (QED) is 0.704. The van der Waals surface area contributed by atoms with Gasteiger partial charge in [0.25, 0.3) is 0 Å². The Bertz CT molecular complexity index is 992. The van der Waals surface area contributed by atoms with E-state index in [-0.39, 0.29) is 5.82 Å². The highest BCUT2D eigenvalue weighted by atomic mass is 19.1. The zero-order valence-corrected chi connectivity index (χ0v) is 17.1. The van der Waals surface area contributed by atoms with E-state index < -0.39 is 0 Å². The summed E-state index contributed by atoms with van der Waals surface area (Å²) < 4.78 is 14.1. The number of halogens is 1. The predicted octanol–water partition coefficient (Wildman–Crippen LogP) is 4.61. The summed E-state index contributed by atoms with van der Waals surface area (Å²) in [5.41, 5.74) is 5.03. The predicted molar refractivity (Wildman–Crippen MR) is 117 cm³/mol. The Morgan fingerprint density at radius 1 is 0.828 bits per heavy atom. The van der Waals surface area contributed by atoms with Gasteiger partial charge in [0.2, 0.25) is 5.95 Å². The highest BCUT2D eigenvalue weighted by Gasteiger charge is 2.21. The molecule has 0 spiro atoms. The SMILES string of the molecule is Cc1cc(Nc2c(C)cccc2C)nc(N2CCN(c3ccccc3F)CC2)n1. The van der Waals surface area contributed by atoms with Crippen LogP contribution in [0.5, 0.6) is 0 Å². The monoisotopic (exact) mass is 391 g/mol. The Morgan fingerprint density at radius 3 is 2.17 bits per heavy atom. The third kappa shape index (κ3) is 4.16. The highest BCUT2D eigenvalue weighted by Crippen LogP contribution is 2.26. The fourth-order valence-corrected chi connectivity index (χ4v) is 3.75. The van der Waals surface area contributed by atoms with Gasteiger partial charge in [-0.2, -0.15) is 4.98 Å². The molecule has 5 nitrogen and oxygen atoms in total. The first-order chi connectivity index (χ1) is 14.0. The number of hydrogen-bond donors (Lipinski definition) is 1. The van der Waals surface area contributed by atoms with Crippen molar-refractivity contribution in [1.82, 2.24) is 9.97 Å². The lowest BCUT2D eigenvalue weighted by Crippen LogP contribution is -2.47. The molecule has 1 aromatic heterocycles. The van der Waals surface area contributed by atoms with Crippen molar-refractivity contribution in [1.29, 1.82) is 0 Å². The van der Waals surface area contributed by atoms with Crippen LogP contribution >= 0.6 is 0 Å². The molecule has 1 fully saturated rings. The van der Waals surface area contributed by atoms with Crippen LogP contribution < -0.4 is 15.1 Å². The lowest BCUT2D eigenvalue weighted by Gasteiger charge is -2.36. The molecule has 4 rings (SSSR count). The number of nitrogens with zero attached hydrogens (tertiary/aromatic N) is 4. The molecule has 0 saturated carbocycles. The van der Waals surface area contributed by atoms with Gasteiger partial charge in [-0.1, -0.05) is 30.3 Å². The first-order valence-electron chi connectivity index (χ1n) is 9.94. The van der Waals surface area contributed by atoms with Crippen LogP contribution in [-0.4, -0.2) is 36.1 Å². The van der Waals surface area contributed by atoms with Crippen molar-refractivity contribution in [3.63, 3.8) is 0 Å². The first kappa shape index (κ1) is 19.2. The summed E-state index contributed by atoms with van der Waals surface area (Å²) in [6.45, 7) is 9.13. The van der Waals surface area contributed by atoms with Gasteiger partial charge >= 0.3 is 0 Å². The number of para-hydroxylation sites is 2. The number of hydrogen-bond acceptors (Lipinski definition) is 5. The topological polar surface area (TPSA) is 44.3 Å². The number of piperazine rings is 1. The molecule has 1 aliphatic rings. The Balaban J connectivity index is 1.51. The van der Waals surface area contributed by atoms with Gasteiger partial charge in [-0.3, -0.25) is 0 Å². The molecule has 150 valence electrons. The Kier molecular flexibility index (Phi) is 5.34. The molecule has 2 heterocycles. The van der Waals surface area contributed by atoms with E-state index >= 15 is 0 Å². The van der Waals surface area contributed by atoms with Crippen molar-refractivity contribution in [2.24, 2.45) is 0 Å². The van der Waals surface area contributed by atoms with E-state index in [4.69, 9.17) is 4.98 Å². The molecule has 29 heavy (non-hydrogen) atoms. The minimum Gasteiger partial charge on any atom is -0.366 e. The smallest absolute Gasteiger partial charge is 0.227 e. The average molecular weight is 391 g/mol. The van der Waals surface area contributed by atoms with Crippen LogP contribution in [0.4, 0.5) is 27.5 Å². The molecule has 0 unspecified atom stereocenters. The van der Waals surface area contributed by atoms with Crippen molar-refractivity contribution in [3.05, 3.63) is 71.2 Å². The van der Waals surface area contributed by atoms with E-state index in [1.54, 1.807) is 6.07 Å². The zero-order valence-electron chi connectivity index (χ0n) is 17.1. The summed E-state index contributed by atoms with van der Waals surface area (Å²) in [5.74, 6) is 1.33. The number of aromatic nitrogens is 2. The van der Waals surface area contributed by atoms with Gasteiger partial charge in [0.05, 0.1) is 5.69 Å². The van der Waals surface area contributed by atoms with Crippen LogP contribution in [0.15, 0.2) is 48.5 Å². The van der Waals surface area contributed by atoms with Crippen molar-refractivity contribution < 1.29 is 4.39 Å². The minimum atomic E-state index is -0.173. The first-order valence-corrected chi connectivity index (χ1v) is 9.94. The van der Waals surface area contributed by atoms with Gasteiger partial charge in [-0.05, 0) is 44.0 Å². The van der Waals surface area contributed by atoms with E-state index in [1.807, 2.05) is 25.1 Å². The fourth-order valence-electron chi connectivity index (χ4n) is 3.75. The molecular weight excluding hydrogens is 365 g/mol. The number of benzene rings is 2. The summed E-state index contributed by atoms with van der Waals surface area (Å²) in [4.78, 5) is 13.7. The van der Waals surface area contributed by atoms with Crippen molar-refractivity contribution in [2.45, 2.75) is 20.8 Å². The molecule has 3 aromatic rings. The molecule has 1 N–H and O–H groups in total. The maximum atomic E-state index is 14.1. The van der Waals surface area contributed by atoms with Crippen molar-refractivity contribution in [2.75, 3.05) is 41.3 Å². The average Bonchev–Trinajstić information content (AvgIpc) is 2.71. The minimum absolute atomic E-state index is 0.173. The third-order valence-corrected chi connectivity index (χ3v) is 5.33. The largest absolute Gasteiger partial charge is 0.366 e.